The van der Waals surface area contributed by atoms with Crippen LogP contribution in [0.15, 0.2) is 42.7 Å². The largest absolute Gasteiger partial charge is 0.467 e. The average Bonchev–Trinajstić information content (AvgIpc) is 2.91. The van der Waals surface area contributed by atoms with Gasteiger partial charge in [0.1, 0.15) is 6.04 Å². The van der Waals surface area contributed by atoms with Crippen LogP contribution in [0.1, 0.15) is 12.5 Å². The lowest BCUT2D eigenvalue weighted by Crippen LogP contribution is -2.27. The van der Waals surface area contributed by atoms with Crippen molar-refractivity contribution in [2.75, 3.05) is 12.4 Å². The lowest BCUT2D eigenvalue weighted by Gasteiger charge is -2.13. The Morgan fingerprint density at radius 1 is 1.47 bits per heavy atom. The summed E-state index contributed by atoms with van der Waals surface area (Å²) in [5.41, 5.74) is 2.01. The van der Waals surface area contributed by atoms with E-state index in [2.05, 4.69) is 15.2 Å². The molecule has 0 saturated carbocycles. The molecule has 2 aromatic rings. The molecular formula is C14H17N3O2. The van der Waals surface area contributed by atoms with E-state index in [0.717, 1.165) is 11.3 Å². The summed E-state index contributed by atoms with van der Waals surface area (Å²) in [5.74, 6) is -0.280. The van der Waals surface area contributed by atoms with Gasteiger partial charge in [-0.2, -0.15) is 5.10 Å². The van der Waals surface area contributed by atoms with Crippen LogP contribution in [0.5, 0.6) is 0 Å². The standard InChI is InChI=1S/C14H17N3O2/c1-11(14(18)19-2)16-13-6-3-5-12(9-13)10-17-8-4-7-15-17/h3-9,11,16H,10H2,1-2H3. The second kappa shape index (κ2) is 6.04. The SMILES string of the molecule is COC(=O)C(C)Nc1cccc(Cn2cccn2)c1. The van der Waals surface area contributed by atoms with Crippen LogP contribution in [0.2, 0.25) is 0 Å². The van der Waals surface area contributed by atoms with Crippen LogP contribution in [-0.4, -0.2) is 28.9 Å². The molecule has 0 aliphatic carbocycles. The van der Waals surface area contributed by atoms with Crippen molar-refractivity contribution in [3.63, 3.8) is 0 Å². The summed E-state index contributed by atoms with van der Waals surface area (Å²) >= 11 is 0. The zero-order valence-corrected chi connectivity index (χ0v) is 11.0. The molecule has 0 saturated heterocycles. The summed E-state index contributed by atoms with van der Waals surface area (Å²) in [6, 6.07) is 9.42. The van der Waals surface area contributed by atoms with Gasteiger partial charge >= 0.3 is 5.97 Å². The maximum atomic E-state index is 11.4. The Hall–Kier alpha value is -2.30. The third-order valence-corrected chi connectivity index (χ3v) is 2.77. The van der Waals surface area contributed by atoms with E-state index < -0.39 is 0 Å². The van der Waals surface area contributed by atoms with Gasteiger partial charge in [0.15, 0.2) is 0 Å². The molecule has 1 aromatic heterocycles. The number of rotatable bonds is 5. The van der Waals surface area contributed by atoms with E-state index in [1.807, 2.05) is 41.2 Å². The van der Waals surface area contributed by atoms with Crippen molar-refractivity contribution < 1.29 is 9.53 Å². The number of carbonyl (C=O) groups excluding carboxylic acids is 1. The Morgan fingerprint density at radius 3 is 3.00 bits per heavy atom. The van der Waals surface area contributed by atoms with Crippen molar-refractivity contribution in [3.05, 3.63) is 48.3 Å². The van der Waals surface area contributed by atoms with Crippen molar-refractivity contribution in [3.8, 4) is 0 Å². The predicted molar refractivity (Wildman–Crippen MR) is 72.9 cm³/mol. The first kappa shape index (κ1) is 13.1. The maximum absolute atomic E-state index is 11.4. The zero-order chi connectivity index (χ0) is 13.7. The minimum absolute atomic E-state index is 0.280. The van der Waals surface area contributed by atoms with Crippen LogP contribution in [0, 0.1) is 0 Å². The molecule has 1 heterocycles. The van der Waals surface area contributed by atoms with Gasteiger partial charge in [-0.3, -0.25) is 4.68 Å². The van der Waals surface area contributed by atoms with Gasteiger partial charge in [-0.25, -0.2) is 4.79 Å². The zero-order valence-electron chi connectivity index (χ0n) is 11.0. The number of esters is 1. The molecule has 0 fully saturated rings. The number of anilines is 1. The molecule has 1 aromatic carbocycles. The molecule has 0 radical (unpaired) electrons. The first-order valence-electron chi connectivity index (χ1n) is 6.10. The molecule has 0 aliphatic rings. The third-order valence-electron chi connectivity index (χ3n) is 2.77. The fourth-order valence-electron chi connectivity index (χ4n) is 1.83. The summed E-state index contributed by atoms with van der Waals surface area (Å²) in [6.45, 7) is 2.47. The molecule has 0 bridgehead atoms. The number of benzene rings is 1. The molecule has 1 unspecified atom stereocenters. The van der Waals surface area contributed by atoms with Gasteiger partial charge in [-0.05, 0) is 30.7 Å². The second-order valence-electron chi connectivity index (χ2n) is 4.29. The molecule has 1 N–H and O–H groups in total. The van der Waals surface area contributed by atoms with E-state index in [1.54, 1.807) is 13.1 Å². The van der Waals surface area contributed by atoms with Crippen molar-refractivity contribution >= 4 is 11.7 Å². The molecule has 2 rings (SSSR count). The number of nitrogens with one attached hydrogen (secondary N) is 1. The highest BCUT2D eigenvalue weighted by Crippen LogP contribution is 2.13. The highest BCUT2D eigenvalue weighted by Gasteiger charge is 2.12. The Bertz CT molecular complexity index is 537. The Kier molecular flexibility index (Phi) is 4.18. The number of carbonyl (C=O) groups is 1. The summed E-state index contributed by atoms with van der Waals surface area (Å²) in [7, 11) is 1.38. The van der Waals surface area contributed by atoms with Crippen molar-refractivity contribution in [1.82, 2.24) is 9.78 Å². The van der Waals surface area contributed by atoms with Crippen molar-refractivity contribution in [2.24, 2.45) is 0 Å². The van der Waals surface area contributed by atoms with Crippen LogP contribution in [0.25, 0.3) is 0 Å². The highest BCUT2D eigenvalue weighted by molar-refractivity contribution is 5.78. The van der Waals surface area contributed by atoms with Crippen molar-refractivity contribution in [2.45, 2.75) is 19.5 Å². The van der Waals surface area contributed by atoms with Gasteiger partial charge in [0.05, 0.1) is 13.7 Å². The number of nitrogens with zero attached hydrogens (tertiary/aromatic N) is 2. The third kappa shape index (κ3) is 3.58. The van der Waals surface area contributed by atoms with E-state index in [0.29, 0.717) is 6.54 Å². The Labute approximate surface area is 112 Å². The fourth-order valence-corrected chi connectivity index (χ4v) is 1.83. The lowest BCUT2D eigenvalue weighted by molar-refractivity contribution is -0.141. The van der Waals surface area contributed by atoms with Gasteiger partial charge < -0.3 is 10.1 Å². The van der Waals surface area contributed by atoms with Gasteiger partial charge in [0.25, 0.3) is 0 Å². The van der Waals surface area contributed by atoms with Crippen LogP contribution in [0.3, 0.4) is 0 Å². The molecule has 0 spiro atoms. The smallest absolute Gasteiger partial charge is 0.327 e. The Balaban J connectivity index is 2.04. The molecule has 19 heavy (non-hydrogen) atoms. The minimum Gasteiger partial charge on any atom is -0.467 e. The molecule has 1 atom stereocenters. The predicted octanol–water partition coefficient (Wildman–Crippen LogP) is 1.90. The summed E-state index contributed by atoms with van der Waals surface area (Å²) in [4.78, 5) is 11.4. The van der Waals surface area contributed by atoms with Gasteiger partial charge in [0, 0.05) is 18.1 Å². The van der Waals surface area contributed by atoms with E-state index in [4.69, 9.17) is 0 Å². The number of hydrogen-bond donors (Lipinski definition) is 1. The minimum atomic E-state index is -0.370. The number of ether oxygens (including phenoxy) is 1. The molecule has 0 amide bonds. The molecule has 5 nitrogen and oxygen atoms in total. The van der Waals surface area contributed by atoms with Gasteiger partial charge in [-0.1, -0.05) is 12.1 Å². The number of hydrogen-bond acceptors (Lipinski definition) is 4. The number of methoxy groups -OCH3 is 1. The van der Waals surface area contributed by atoms with Crippen LogP contribution in [-0.2, 0) is 16.1 Å². The molecule has 0 aliphatic heterocycles. The average molecular weight is 259 g/mol. The molecule has 5 heteroatoms. The first-order valence-corrected chi connectivity index (χ1v) is 6.10. The van der Waals surface area contributed by atoms with E-state index in [-0.39, 0.29) is 12.0 Å². The van der Waals surface area contributed by atoms with Gasteiger partial charge in [-0.15, -0.1) is 0 Å². The summed E-state index contributed by atoms with van der Waals surface area (Å²) in [6.07, 6.45) is 3.67. The first-order chi connectivity index (χ1) is 9.19. The van der Waals surface area contributed by atoms with Crippen LogP contribution < -0.4 is 5.32 Å². The summed E-state index contributed by atoms with van der Waals surface area (Å²) < 4.78 is 6.53. The van der Waals surface area contributed by atoms with E-state index in [9.17, 15) is 4.79 Å². The van der Waals surface area contributed by atoms with E-state index in [1.165, 1.54) is 7.11 Å². The molecular weight excluding hydrogens is 242 g/mol. The maximum Gasteiger partial charge on any atom is 0.327 e. The van der Waals surface area contributed by atoms with E-state index >= 15 is 0 Å². The lowest BCUT2D eigenvalue weighted by atomic mass is 10.2. The monoisotopic (exact) mass is 259 g/mol. The fraction of sp³-hybridized carbons (Fsp3) is 0.286. The molecule has 100 valence electrons. The normalized spacial score (nSPS) is 11.9. The van der Waals surface area contributed by atoms with Crippen molar-refractivity contribution in [1.29, 1.82) is 0 Å². The van der Waals surface area contributed by atoms with Crippen LogP contribution in [0.4, 0.5) is 5.69 Å². The quantitative estimate of drug-likeness (QED) is 0.833. The Morgan fingerprint density at radius 2 is 2.32 bits per heavy atom. The topological polar surface area (TPSA) is 56.1 Å². The highest BCUT2D eigenvalue weighted by atomic mass is 16.5. The van der Waals surface area contributed by atoms with Crippen LogP contribution >= 0.6 is 0 Å². The summed E-state index contributed by atoms with van der Waals surface area (Å²) in [5, 5.41) is 7.27. The number of aromatic nitrogens is 2. The van der Waals surface area contributed by atoms with Gasteiger partial charge in [0.2, 0.25) is 0 Å². The second-order valence-corrected chi connectivity index (χ2v) is 4.29.